The van der Waals surface area contributed by atoms with E-state index in [0.717, 1.165) is 23.2 Å². The van der Waals surface area contributed by atoms with Gasteiger partial charge in [-0.15, -0.1) is 5.10 Å². The van der Waals surface area contributed by atoms with E-state index in [1.807, 2.05) is 50.6 Å². The van der Waals surface area contributed by atoms with Crippen molar-refractivity contribution < 1.29 is 14.3 Å². The Balaban J connectivity index is 1.72. The Hall–Kier alpha value is -3.34. The molecule has 35 heavy (non-hydrogen) atoms. The number of carbonyl (C=O) groups is 1. The van der Waals surface area contributed by atoms with Gasteiger partial charge in [-0.1, -0.05) is 18.7 Å². The Morgan fingerprint density at radius 1 is 1.11 bits per heavy atom. The minimum absolute atomic E-state index is 0.0448. The summed E-state index contributed by atoms with van der Waals surface area (Å²) in [5.41, 5.74) is 3.43. The van der Waals surface area contributed by atoms with Crippen LogP contribution in [0, 0.1) is 13.8 Å². The zero-order valence-corrected chi connectivity index (χ0v) is 21.8. The first-order valence-electron chi connectivity index (χ1n) is 11.6. The number of methoxy groups -OCH3 is 2. The number of ether oxygens (including phenoxy) is 2. The molecule has 0 bridgehead atoms. The zero-order chi connectivity index (χ0) is 25.1. The fourth-order valence-electron chi connectivity index (χ4n) is 3.81. The van der Waals surface area contributed by atoms with Crippen molar-refractivity contribution in [3.8, 4) is 11.5 Å². The largest absolute Gasteiger partial charge is 0.493 e. The number of fused-ring (bicyclic) bond motifs is 3. The van der Waals surface area contributed by atoms with Crippen LogP contribution in [-0.4, -0.2) is 61.3 Å². The lowest BCUT2D eigenvalue weighted by atomic mass is 10.2. The molecule has 11 heteroatoms. The molecule has 0 aliphatic heterocycles. The van der Waals surface area contributed by atoms with Gasteiger partial charge < -0.3 is 14.8 Å². The van der Waals surface area contributed by atoms with Crippen molar-refractivity contribution in [2.24, 2.45) is 0 Å². The van der Waals surface area contributed by atoms with Crippen LogP contribution < -0.4 is 14.8 Å². The molecular weight excluding hydrogens is 466 g/mol. The Morgan fingerprint density at radius 2 is 1.86 bits per heavy atom. The number of carbonyl (C=O) groups excluding carboxylic acids is 1. The van der Waals surface area contributed by atoms with Crippen molar-refractivity contribution in [3.05, 3.63) is 35.4 Å². The summed E-state index contributed by atoms with van der Waals surface area (Å²) in [5, 5.41) is 13.6. The van der Waals surface area contributed by atoms with Gasteiger partial charge in [0, 0.05) is 36.2 Å². The molecule has 0 saturated carbocycles. The van der Waals surface area contributed by atoms with E-state index >= 15 is 0 Å². The van der Waals surface area contributed by atoms with Crippen LogP contribution in [0.1, 0.15) is 37.5 Å². The minimum Gasteiger partial charge on any atom is -0.493 e. The average molecular weight is 498 g/mol. The third-order valence-corrected chi connectivity index (χ3v) is 6.72. The molecule has 4 aromatic rings. The standard InChI is InChI=1S/C24H31N7O3S/c1-7-14(2)25-22(32)13-35-24-26-18-12-20(34-6)19(33-5)11-17(18)23-27-21(29-31(23)24)8-9-30-16(4)10-15(3)28-30/h10-12,14H,7-9,13H2,1-6H3,(H,25,32)/t14-/m1/s1. The topological polar surface area (TPSA) is 108 Å². The van der Waals surface area contributed by atoms with E-state index in [2.05, 4.69) is 10.4 Å². The SMILES string of the molecule is CC[C@@H](C)NC(=O)CSc1nc2cc(OC)c(OC)cc2c2nc(CCn3nc(C)cc3C)nn12. The average Bonchev–Trinajstić information content (AvgIpc) is 3.42. The number of nitrogens with zero attached hydrogens (tertiary/aromatic N) is 6. The fourth-order valence-corrected chi connectivity index (χ4v) is 4.56. The summed E-state index contributed by atoms with van der Waals surface area (Å²) >= 11 is 1.33. The second kappa shape index (κ2) is 10.5. The predicted molar refractivity (Wildman–Crippen MR) is 135 cm³/mol. The van der Waals surface area contributed by atoms with E-state index in [0.29, 0.717) is 46.6 Å². The van der Waals surface area contributed by atoms with Crippen LogP contribution in [0.3, 0.4) is 0 Å². The number of hydrogen-bond acceptors (Lipinski definition) is 8. The van der Waals surface area contributed by atoms with Gasteiger partial charge in [0.25, 0.3) is 0 Å². The van der Waals surface area contributed by atoms with Crippen molar-refractivity contribution in [2.45, 2.75) is 58.3 Å². The highest BCUT2D eigenvalue weighted by atomic mass is 32.2. The second-order valence-electron chi connectivity index (χ2n) is 8.45. The highest BCUT2D eigenvalue weighted by molar-refractivity contribution is 7.99. The quantitative estimate of drug-likeness (QED) is 0.262. The Labute approximate surface area is 208 Å². The highest BCUT2D eigenvalue weighted by Gasteiger charge is 2.18. The molecule has 1 amide bonds. The molecule has 0 aliphatic carbocycles. The van der Waals surface area contributed by atoms with Crippen LogP contribution in [0.2, 0.25) is 0 Å². The number of aryl methyl sites for hydroxylation is 4. The van der Waals surface area contributed by atoms with Crippen molar-refractivity contribution in [1.29, 1.82) is 0 Å². The van der Waals surface area contributed by atoms with Crippen molar-refractivity contribution in [3.63, 3.8) is 0 Å². The van der Waals surface area contributed by atoms with Crippen LogP contribution in [0.25, 0.3) is 16.6 Å². The van der Waals surface area contributed by atoms with Gasteiger partial charge in [0.15, 0.2) is 28.1 Å². The number of rotatable bonds is 10. The molecule has 1 N–H and O–H groups in total. The van der Waals surface area contributed by atoms with E-state index < -0.39 is 0 Å². The van der Waals surface area contributed by atoms with Gasteiger partial charge in [-0.3, -0.25) is 9.48 Å². The van der Waals surface area contributed by atoms with Gasteiger partial charge in [-0.2, -0.15) is 9.61 Å². The molecule has 1 aromatic carbocycles. The van der Waals surface area contributed by atoms with Crippen LogP contribution in [0.15, 0.2) is 23.4 Å². The Morgan fingerprint density at radius 3 is 2.51 bits per heavy atom. The maximum atomic E-state index is 12.4. The monoisotopic (exact) mass is 497 g/mol. The number of aromatic nitrogens is 6. The van der Waals surface area contributed by atoms with Crippen molar-refractivity contribution in [2.75, 3.05) is 20.0 Å². The van der Waals surface area contributed by atoms with Crippen LogP contribution >= 0.6 is 11.8 Å². The molecular formula is C24H31N7O3S. The summed E-state index contributed by atoms with van der Waals surface area (Å²) in [6.07, 6.45) is 1.48. The number of amides is 1. The van der Waals surface area contributed by atoms with Crippen molar-refractivity contribution >= 4 is 34.2 Å². The molecule has 0 saturated heterocycles. The second-order valence-corrected chi connectivity index (χ2v) is 9.39. The van der Waals surface area contributed by atoms with E-state index in [-0.39, 0.29) is 17.7 Å². The Bertz CT molecular complexity index is 1360. The molecule has 4 rings (SSSR count). The summed E-state index contributed by atoms with van der Waals surface area (Å²) < 4.78 is 14.6. The van der Waals surface area contributed by atoms with E-state index in [1.54, 1.807) is 18.7 Å². The van der Waals surface area contributed by atoms with Gasteiger partial charge in [-0.25, -0.2) is 9.97 Å². The molecule has 0 aliphatic rings. The summed E-state index contributed by atoms with van der Waals surface area (Å²) in [6, 6.07) is 5.85. The zero-order valence-electron chi connectivity index (χ0n) is 21.0. The lowest BCUT2D eigenvalue weighted by Gasteiger charge is -2.12. The van der Waals surface area contributed by atoms with Gasteiger partial charge in [-0.05, 0) is 39.3 Å². The van der Waals surface area contributed by atoms with E-state index in [9.17, 15) is 4.79 Å². The summed E-state index contributed by atoms with van der Waals surface area (Å²) in [7, 11) is 3.18. The smallest absolute Gasteiger partial charge is 0.230 e. The predicted octanol–water partition coefficient (Wildman–Crippen LogP) is 3.36. The van der Waals surface area contributed by atoms with Crippen LogP contribution in [-0.2, 0) is 17.8 Å². The van der Waals surface area contributed by atoms with Crippen LogP contribution in [0.4, 0.5) is 0 Å². The first-order valence-corrected chi connectivity index (χ1v) is 12.6. The van der Waals surface area contributed by atoms with E-state index in [4.69, 9.17) is 24.5 Å². The number of benzene rings is 1. The molecule has 0 spiro atoms. The first kappa shape index (κ1) is 24.8. The molecule has 3 heterocycles. The van der Waals surface area contributed by atoms with Gasteiger partial charge >= 0.3 is 0 Å². The summed E-state index contributed by atoms with van der Waals surface area (Å²) in [5.74, 6) is 2.02. The lowest BCUT2D eigenvalue weighted by molar-refractivity contribution is -0.119. The molecule has 0 fully saturated rings. The first-order chi connectivity index (χ1) is 16.8. The number of nitrogens with one attached hydrogen (secondary N) is 1. The number of hydrogen-bond donors (Lipinski definition) is 1. The summed E-state index contributed by atoms with van der Waals surface area (Å²) in [4.78, 5) is 22.0. The lowest BCUT2D eigenvalue weighted by Crippen LogP contribution is -2.33. The normalized spacial score (nSPS) is 12.3. The Kier molecular flexibility index (Phi) is 7.44. The molecule has 0 unspecified atom stereocenters. The summed E-state index contributed by atoms with van der Waals surface area (Å²) in [6.45, 7) is 8.71. The fraction of sp³-hybridized carbons (Fsp3) is 0.458. The minimum atomic E-state index is -0.0448. The maximum Gasteiger partial charge on any atom is 0.230 e. The number of thioether (sulfide) groups is 1. The molecule has 3 aromatic heterocycles. The molecule has 10 nitrogen and oxygen atoms in total. The van der Waals surface area contributed by atoms with Gasteiger partial charge in [0.1, 0.15) is 0 Å². The molecule has 0 radical (unpaired) electrons. The van der Waals surface area contributed by atoms with Gasteiger partial charge in [0.05, 0.1) is 31.2 Å². The third-order valence-electron chi connectivity index (χ3n) is 5.79. The van der Waals surface area contributed by atoms with Gasteiger partial charge in [0.2, 0.25) is 5.91 Å². The maximum absolute atomic E-state index is 12.4. The highest BCUT2D eigenvalue weighted by Crippen LogP contribution is 2.34. The van der Waals surface area contributed by atoms with Crippen molar-refractivity contribution in [1.82, 2.24) is 34.7 Å². The molecule has 186 valence electrons. The van der Waals surface area contributed by atoms with E-state index in [1.165, 1.54) is 11.8 Å². The molecule has 1 atom stereocenters. The third kappa shape index (κ3) is 5.34. The van der Waals surface area contributed by atoms with Crippen LogP contribution in [0.5, 0.6) is 11.5 Å².